The number of benzene rings is 3. The Morgan fingerprint density at radius 3 is 2.17 bits per heavy atom. The average Bonchev–Trinajstić information content (AvgIpc) is 3.20. The van der Waals surface area contributed by atoms with Gasteiger partial charge in [-0.25, -0.2) is 0 Å². The summed E-state index contributed by atoms with van der Waals surface area (Å²) in [5.41, 5.74) is 11.0. The number of hydrogen-bond acceptors (Lipinski definition) is 5. The second kappa shape index (κ2) is 8.39. The number of anilines is 2. The number of aromatic nitrogens is 1. The van der Waals surface area contributed by atoms with E-state index in [-0.39, 0.29) is 0 Å². The topological polar surface area (TPSA) is 81.5 Å². The number of H-pyrrole nitrogens is 1. The molecule has 1 heterocycles. The summed E-state index contributed by atoms with van der Waals surface area (Å²) in [5.74, 6) is 2.61. The van der Waals surface area contributed by atoms with Gasteiger partial charge in [-0.3, -0.25) is 0 Å². The third-order valence-corrected chi connectivity index (χ3v) is 5.10. The van der Waals surface area contributed by atoms with Crippen LogP contribution in [0.3, 0.4) is 0 Å². The van der Waals surface area contributed by atoms with Crippen molar-refractivity contribution in [1.29, 1.82) is 0 Å². The van der Waals surface area contributed by atoms with Crippen LogP contribution < -0.4 is 25.3 Å². The fourth-order valence-corrected chi connectivity index (χ4v) is 3.59. The van der Waals surface area contributed by atoms with Gasteiger partial charge in [0.05, 0.1) is 26.8 Å². The molecule has 0 aliphatic heterocycles. The molecular formula is C24H25N3O3. The second-order valence-electron chi connectivity index (χ2n) is 6.89. The predicted molar refractivity (Wildman–Crippen MR) is 121 cm³/mol. The Labute approximate surface area is 175 Å². The largest absolute Gasteiger partial charge is 0.493 e. The molecular weight excluding hydrogens is 378 g/mol. The van der Waals surface area contributed by atoms with Gasteiger partial charge in [0.25, 0.3) is 0 Å². The quantitative estimate of drug-likeness (QED) is 0.402. The van der Waals surface area contributed by atoms with E-state index in [2.05, 4.69) is 58.8 Å². The first-order chi connectivity index (χ1) is 14.7. The standard InChI is InChI=1S/C24H25N3O3/c1-28-20-12-18(13-21(29-2)24(20)30-3)26-22-11-17-5-4-6-19(23(17)27-22)16-9-7-15(14-25)8-10-16/h4-13,26-27H,14,25H2,1-3H3. The van der Waals surface area contributed by atoms with Crippen molar-refractivity contribution < 1.29 is 14.2 Å². The molecule has 0 aliphatic carbocycles. The van der Waals surface area contributed by atoms with Crippen LogP contribution in [0.5, 0.6) is 17.2 Å². The van der Waals surface area contributed by atoms with E-state index in [9.17, 15) is 0 Å². The maximum absolute atomic E-state index is 5.73. The van der Waals surface area contributed by atoms with Crippen molar-refractivity contribution in [1.82, 2.24) is 4.98 Å². The third kappa shape index (κ3) is 3.65. The molecule has 0 saturated carbocycles. The van der Waals surface area contributed by atoms with Crippen LogP contribution in [0.1, 0.15) is 5.56 Å². The van der Waals surface area contributed by atoms with Crippen LogP contribution in [0.15, 0.2) is 60.7 Å². The number of ether oxygens (including phenoxy) is 3. The molecule has 6 nitrogen and oxygen atoms in total. The molecule has 0 saturated heterocycles. The monoisotopic (exact) mass is 403 g/mol. The summed E-state index contributed by atoms with van der Waals surface area (Å²) in [6.45, 7) is 0.538. The molecule has 0 bridgehead atoms. The Kier molecular flexibility index (Phi) is 5.50. The van der Waals surface area contributed by atoms with Crippen LogP contribution in [0.2, 0.25) is 0 Å². The van der Waals surface area contributed by atoms with Crippen LogP contribution in [0.25, 0.3) is 22.0 Å². The van der Waals surface area contributed by atoms with E-state index in [0.717, 1.165) is 39.1 Å². The predicted octanol–water partition coefficient (Wildman–Crippen LogP) is 5.06. The average molecular weight is 403 g/mol. The number of hydrogen-bond donors (Lipinski definition) is 3. The minimum atomic E-state index is 0.538. The van der Waals surface area contributed by atoms with Crippen LogP contribution in [0, 0.1) is 0 Å². The number of para-hydroxylation sites is 1. The van der Waals surface area contributed by atoms with E-state index < -0.39 is 0 Å². The summed E-state index contributed by atoms with van der Waals surface area (Å²) in [7, 11) is 4.80. The van der Waals surface area contributed by atoms with Gasteiger partial charge in [-0.05, 0) is 17.2 Å². The smallest absolute Gasteiger partial charge is 0.203 e. The molecule has 3 aromatic carbocycles. The van der Waals surface area contributed by atoms with Crippen LogP contribution in [0.4, 0.5) is 11.5 Å². The molecule has 6 heteroatoms. The fourth-order valence-electron chi connectivity index (χ4n) is 3.59. The van der Waals surface area contributed by atoms with Gasteiger partial charge in [-0.2, -0.15) is 0 Å². The van der Waals surface area contributed by atoms with Gasteiger partial charge < -0.3 is 30.2 Å². The minimum Gasteiger partial charge on any atom is -0.493 e. The van der Waals surface area contributed by atoms with Crippen molar-refractivity contribution in [2.75, 3.05) is 26.6 Å². The van der Waals surface area contributed by atoms with E-state index >= 15 is 0 Å². The zero-order chi connectivity index (χ0) is 21.1. The molecule has 0 atom stereocenters. The highest BCUT2D eigenvalue weighted by molar-refractivity contribution is 5.96. The van der Waals surface area contributed by atoms with Crippen molar-refractivity contribution in [2.24, 2.45) is 5.73 Å². The Morgan fingerprint density at radius 2 is 1.57 bits per heavy atom. The Bertz CT molecular complexity index is 1140. The zero-order valence-corrected chi connectivity index (χ0v) is 17.3. The maximum Gasteiger partial charge on any atom is 0.203 e. The summed E-state index contributed by atoms with van der Waals surface area (Å²) in [5, 5.41) is 4.52. The number of rotatable bonds is 7. The molecule has 30 heavy (non-hydrogen) atoms. The van der Waals surface area contributed by atoms with Crippen LogP contribution in [-0.2, 0) is 6.54 Å². The molecule has 154 valence electrons. The first-order valence-corrected chi connectivity index (χ1v) is 9.65. The fraction of sp³-hybridized carbons (Fsp3) is 0.167. The lowest BCUT2D eigenvalue weighted by atomic mass is 10.0. The highest BCUT2D eigenvalue weighted by Crippen LogP contribution is 2.41. The van der Waals surface area contributed by atoms with Crippen molar-refractivity contribution in [3.8, 4) is 28.4 Å². The molecule has 4 N–H and O–H groups in total. The summed E-state index contributed by atoms with van der Waals surface area (Å²) in [6, 6.07) is 20.4. The number of aromatic amines is 1. The summed E-state index contributed by atoms with van der Waals surface area (Å²) < 4.78 is 16.3. The molecule has 4 rings (SSSR count). The summed E-state index contributed by atoms with van der Waals surface area (Å²) in [6.07, 6.45) is 0. The second-order valence-corrected chi connectivity index (χ2v) is 6.89. The van der Waals surface area contributed by atoms with E-state index in [0.29, 0.717) is 23.8 Å². The van der Waals surface area contributed by atoms with Crippen molar-refractivity contribution in [2.45, 2.75) is 6.54 Å². The van der Waals surface area contributed by atoms with Gasteiger partial charge in [-0.15, -0.1) is 0 Å². The van der Waals surface area contributed by atoms with E-state index in [1.807, 2.05) is 12.1 Å². The molecule has 0 spiro atoms. The molecule has 0 radical (unpaired) electrons. The first kappa shape index (κ1) is 19.7. The lowest BCUT2D eigenvalue weighted by Crippen LogP contribution is -1.98. The molecule has 0 aliphatic rings. The van der Waals surface area contributed by atoms with Crippen molar-refractivity contribution >= 4 is 22.4 Å². The number of nitrogens with two attached hydrogens (primary N) is 1. The van der Waals surface area contributed by atoms with E-state index in [1.54, 1.807) is 21.3 Å². The maximum atomic E-state index is 5.73. The Hall–Kier alpha value is -3.64. The van der Waals surface area contributed by atoms with E-state index in [1.165, 1.54) is 0 Å². The molecule has 4 aromatic rings. The lowest BCUT2D eigenvalue weighted by Gasteiger charge is -2.14. The Morgan fingerprint density at radius 1 is 0.867 bits per heavy atom. The van der Waals surface area contributed by atoms with Gasteiger partial charge in [0.15, 0.2) is 11.5 Å². The SMILES string of the molecule is COc1cc(Nc2cc3cccc(-c4ccc(CN)cc4)c3[nH]2)cc(OC)c1OC. The van der Waals surface area contributed by atoms with Crippen LogP contribution >= 0.6 is 0 Å². The summed E-state index contributed by atoms with van der Waals surface area (Å²) in [4.78, 5) is 3.49. The Balaban J connectivity index is 1.71. The number of nitrogens with one attached hydrogen (secondary N) is 2. The normalized spacial score (nSPS) is 10.8. The van der Waals surface area contributed by atoms with Gasteiger partial charge in [-0.1, -0.05) is 42.5 Å². The first-order valence-electron chi connectivity index (χ1n) is 9.65. The molecule has 0 unspecified atom stereocenters. The minimum absolute atomic E-state index is 0.538. The van der Waals surface area contributed by atoms with Crippen molar-refractivity contribution in [3.63, 3.8) is 0 Å². The zero-order valence-electron chi connectivity index (χ0n) is 17.3. The molecule has 0 fully saturated rings. The lowest BCUT2D eigenvalue weighted by molar-refractivity contribution is 0.324. The highest BCUT2D eigenvalue weighted by Gasteiger charge is 2.14. The van der Waals surface area contributed by atoms with Gasteiger partial charge >= 0.3 is 0 Å². The number of methoxy groups -OCH3 is 3. The highest BCUT2D eigenvalue weighted by atomic mass is 16.5. The van der Waals surface area contributed by atoms with E-state index in [4.69, 9.17) is 19.9 Å². The molecule has 1 aromatic heterocycles. The van der Waals surface area contributed by atoms with Gasteiger partial charge in [0.2, 0.25) is 5.75 Å². The number of fused-ring (bicyclic) bond motifs is 1. The van der Waals surface area contributed by atoms with Crippen LogP contribution in [-0.4, -0.2) is 26.3 Å². The molecule has 0 amide bonds. The van der Waals surface area contributed by atoms with Crippen molar-refractivity contribution in [3.05, 3.63) is 66.2 Å². The van der Waals surface area contributed by atoms with Gasteiger partial charge in [0.1, 0.15) is 5.82 Å². The summed E-state index contributed by atoms with van der Waals surface area (Å²) >= 11 is 0. The third-order valence-electron chi connectivity index (χ3n) is 5.10. The van der Waals surface area contributed by atoms with Gasteiger partial charge in [0, 0.05) is 35.3 Å².